The van der Waals surface area contributed by atoms with Gasteiger partial charge in [0.2, 0.25) is 0 Å². The van der Waals surface area contributed by atoms with Crippen LogP contribution in [0, 0.1) is 0 Å². The molecule has 2 heterocycles. The number of aliphatic hydroxyl groups excluding tert-OH is 1. The predicted octanol–water partition coefficient (Wildman–Crippen LogP) is 2.71. The number of para-hydroxylation sites is 1. The molecule has 1 aliphatic heterocycles. The molecule has 0 fully saturated rings. The fraction of sp³-hybridized carbons (Fsp3) is 0.286. The highest BCUT2D eigenvalue weighted by Crippen LogP contribution is 2.39. The summed E-state index contributed by atoms with van der Waals surface area (Å²) in [6.45, 7) is 1.97. The van der Waals surface area contributed by atoms with E-state index in [1.54, 1.807) is 0 Å². The van der Waals surface area contributed by atoms with Crippen molar-refractivity contribution in [3.05, 3.63) is 46.9 Å². The summed E-state index contributed by atoms with van der Waals surface area (Å²) in [6.07, 6.45) is 2.40. The summed E-state index contributed by atoms with van der Waals surface area (Å²) in [5.74, 6) is 0.694. The van der Waals surface area contributed by atoms with Gasteiger partial charge in [-0.2, -0.15) is 0 Å². The van der Waals surface area contributed by atoms with Crippen molar-refractivity contribution in [1.29, 1.82) is 0 Å². The van der Waals surface area contributed by atoms with Crippen LogP contribution in [0.5, 0.6) is 0 Å². The van der Waals surface area contributed by atoms with E-state index in [4.69, 9.17) is 11.6 Å². The lowest BCUT2D eigenvalue weighted by atomic mass is 10.1. The maximum atomic E-state index is 9.50. The Labute approximate surface area is 116 Å². The van der Waals surface area contributed by atoms with Crippen LogP contribution < -0.4 is 4.90 Å². The highest BCUT2D eigenvalue weighted by Gasteiger charge is 2.29. The van der Waals surface area contributed by atoms with E-state index >= 15 is 0 Å². The largest absolute Gasteiger partial charge is 0.391 e. The van der Waals surface area contributed by atoms with Crippen molar-refractivity contribution in [3.63, 3.8) is 0 Å². The molecule has 1 atom stereocenters. The molecule has 98 valence electrons. The van der Waals surface area contributed by atoms with E-state index in [0.717, 1.165) is 12.1 Å². The Hall–Kier alpha value is -1.65. The minimum atomic E-state index is -0.166. The summed E-state index contributed by atoms with van der Waals surface area (Å²) < 4.78 is 0. The van der Waals surface area contributed by atoms with Gasteiger partial charge in [-0.25, -0.2) is 9.97 Å². The lowest BCUT2D eigenvalue weighted by molar-refractivity contribution is 0.281. The minimum Gasteiger partial charge on any atom is -0.391 e. The highest BCUT2D eigenvalue weighted by molar-refractivity contribution is 6.30. The summed E-state index contributed by atoms with van der Waals surface area (Å²) in [4.78, 5) is 10.4. The van der Waals surface area contributed by atoms with E-state index < -0.39 is 0 Å². The number of aliphatic hydroxyl groups is 1. The SMILES string of the molecule is CC1Cc2ccccc2N1c1ncnc(Cl)c1CO. The zero-order valence-electron chi connectivity index (χ0n) is 10.5. The zero-order chi connectivity index (χ0) is 13.4. The van der Waals surface area contributed by atoms with Crippen LogP contribution >= 0.6 is 11.6 Å². The standard InChI is InChI=1S/C14H14ClN3O/c1-9-6-10-4-2-3-5-12(10)18(9)14-11(7-19)13(15)16-8-17-14/h2-5,8-9,19H,6-7H2,1H3. The molecule has 1 N–H and O–H groups in total. The lowest BCUT2D eigenvalue weighted by Gasteiger charge is -2.25. The summed E-state index contributed by atoms with van der Waals surface area (Å²) in [5.41, 5.74) is 2.99. The topological polar surface area (TPSA) is 49.2 Å². The van der Waals surface area contributed by atoms with Crippen LogP contribution in [-0.4, -0.2) is 21.1 Å². The van der Waals surface area contributed by atoms with Gasteiger partial charge < -0.3 is 10.0 Å². The maximum Gasteiger partial charge on any atom is 0.143 e. The molecule has 1 aromatic heterocycles. The van der Waals surface area contributed by atoms with E-state index in [2.05, 4.69) is 33.9 Å². The van der Waals surface area contributed by atoms with Crippen molar-refractivity contribution >= 4 is 23.1 Å². The number of rotatable bonds is 2. The number of benzene rings is 1. The van der Waals surface area contributed by atoms with Gasteiger partial charge in [0.15, 0.2) is 0 Å². The van der Waals surface area contributed by atoms with Crippen LogP contribution in [0.25, 0.3) is 0 Å². The Morgan fingerprint density at radius 1 is 1.37 bits per heavy atom. The van der Waals surface area contributed by atoms with Gasteiger partial charge in [0.05, 0.1) is 12.2 Å². The van der Waals surface area contributed by atoms with Crippen LogP contribution in [-0.2, 0) is 13.0 Å². The predicted molar refractivity (Wildman–Crippen MR) is 74.7 cm³/mol. The van der Waals surface area contributed by atoms with Gasteiger partial charge in [-0.1, -0.05) is 29.8 Å². The van der Waals surface area contributed by atoms with E-state index in [-0.39, 0.29) is 12.6 Å². The molecule has 1 unspecified atom stereocenters. The molecule has 3 rings (SSSR count). The van der Waals surface area contributed by atoms with E-state index in [1.165, 1.54) is 11.9 Å². The van der Waals surface area contributed by atoms with Crippen molar-refractivity contribution < 1.29 is 5.11 Å². The lowest BCUT2D eigenvalue weighted by Crippen LogP contribution is -2.26. The number of aromatic nitrogens is 2. The first-order valence-electron chi connectivity index (χ1n) is 6.19. The molecule has 1 aliphatic rings. The molecule has 4 nitrogen and oxygen atoms in total. The van der Waals surface area contributed by atoms with Crippen LogP contribution in [0.4, 0.5) is 11.5 Å². The second kappa shape index (κ2) is 4.79. The molecule has 0 radical (unpaired) electrons. The number of hydrogen-bond acceptors (Lipinski definition) is 4. The fourth-order valence-corrected chi connectivity index (χ4v) is 2.80. The van der Waals surface area contributed by atoms with Crippen LogP contribution in [0.2, 0.25) is 5.15 Å². The summed E-state index contributed by atoms with van der Waals surface area (Å²) in [7, 11) is 0. The van der Waals surface area contributed by atoms with Crippen molar-refractivity contribution in [3.8, 4) is 0 Å². The van der Waals surface area contributed by atoms with Gasteiger partial charge in [0.1, 0.15) is 17.3 Å². The van der Waals surface area contributed by atoms with E-state index in [1.807, 2.05) is 12.1 Å². The van der Waals surface area contributed by atoms with Crippen LogP contribution in [0.3, 0.4) is 0 Å². The normalized spacial score (nSPS) is 17.6. The molecule has 1 aromatic carbocycles. The Balaban J connectivity index is 2.15. The Morgan fingerprint density at radius 3 is 2.95 bits per heavy atom. The van der Waals surface area contributed by atoms with Crippen molar-refractivity contribution in [2.45, 2.75) is 26.0 Å². The molecule has 19 heavy (non-hydrogen) atoms. The van der Waals surface area contributed by atoms with Gasteiger partial charge in [0, 0.05) is 11.7 Å². The van der Waals surface area contributed by atoms with Gasteiger partial charge in [0.25, 0.3) is 0 Å². The van der Waals surface area contributed by atoms with Gasteiger partial charge in [-0.05, 0) is 25.0 Å². The van der Waals surface area contributed by atoms with Gasteiger partial charge in [-0.3, -0.25) is 0 Å². The Bertz CT molecular complexity index is 617. The molecule has 0 saturated heterocycles. The van der Waals surface area contributed by atoms with Crippen molar-refractivity contribution in [1.82, 2.24) is 9.97 Å². The summed E-state index contributed by atoms with van der Waals surface area (Å²) >= 11 is 6.04. The fourth-order valence-electron chi connectivity index (χ4n) is 2.61. The van der Waals surface area contributed by atoms with Crippen molar-refractivity contribution in [2.24, 2.45) is 0 Å². The first-order valence-corrected chi connectivity index (χ1v) is 6.57. The molecular weight excluding hydrogens is 262 g/mol. The number of hydrogen-bond donors (Lipinski definition) is 1. The van der Waals surface area contributed by atoms with Crippen LogP contribution in [0.15, 0.2) is 30.6 Å². The molecule has 0 saturated carbocycles. The van der Waals surface area contributed by atoms with Crippen molar-refractivity contribution in [2.75, 3.05) is 4.90 Å². The molecule has 2 aromatic rings. The average Bonchev–Trinajstić information content (AvgIpc) is 2.74. The number of nitrogens with zero attached hydrogens (tertiary/aromatic N) is 3. The third-order valence-electron chi connectivity index (χ3n) is 3.46. The first-order chi connectivity index (χ1) is 9.22. The molecule has 0 bridgehead atoms. The smallest absolute Gasteiger partial charge is 0.143 e. The van der Waals surface area contributed by atoms with Gasteiger partial charge in [-0.15, -0.1) is 0 Å². The zero-order valence-corrected chi connectivity index (χ0v) is 11.3. The Kier molecular flexibility index (Phi) is 3.12. The molecular formula is C14H14ClN3O. The molecule has 0 amide bonds. The van der Waals surface area contributed by atoms with Crippen LogP contribution in [0.1, 0.15) is 18.1 Å². The second-order valence-corrected chi connectivity index (χ2v) is 5.03. The van der Waals surface area contributed by atoms with E-state index in [9.17, 15) is 5.11 Å². The van der Waals surface area contributed by atoms with E-state index in [0.29, 0.717) is 16.5 Å². The number of fused-ring (bicyclic) bond motifs is 1. The second-order valence-electron chi connectivity index (χ2n) is 4.68. The minimum absolute atomic E-state index is 0.166. The first kappa shape index (κ1) is 12.4. The molecule has 0 spiro atoms. The van der Waals surface area contributed by atoms with Gasteiger partial charge >= 0.3 is 0 Å². The highest BCUT2D eigenvalue weighted by atomic mass is 35.5. The Morgan fingerprint density at radius 2 is 2.16 bits per heavy atom. The quantitative estimate of drug-likeness (QED) is 0.856. The maximum absolute atomic E-state index is 9.50. The molecule has 5 heteroatoms. The summed E-state index contributed by atoms with van der Waals surface area (Å²) in [6, 6.07) is 8.51. The molecule has 0 aliphatic carbocycles. The average molecular weight is 276 g/mol. The summed E-state index contributed by atoms with van der Waals surface area (Å²) in [5, 5.41) is 9.81. The third-order valence-corrected chi connectivity index (χ3v) is 3.79. The third kappa shape index (κ3) is 1.97. The number of anilines is 2. The monoisotopic (exact) mass is 275 g/mol. The number of halogens is 1.